The summed E-state index contributed by atoms with van der Waals surface area (Å²) in [6.45, 7) is 1.11. The predicted octanol–water partition coefficient (Wildman–Crippen LogP) is 3.42. The van der Waals surface area contributed by atoms with Crippen LogP contribution in [0.4, 0.5) is 13.2 Å². The van der Waals surface area contributed by atoms with Crippen LogP contribution in [0.25, 0.3) is 0 Å². The largest absolute Gasteiger partial charge is 0.496 e. The molecule has 1 aromatic rings. The van der Waals surface area contributed by atoms with Gasteiger partial charge in [0.15, 0.2) is 6.29 Å². The molecule has 0 aliphatic carbocycles. The van der Waals surface area contributed by atoms with Gasteiger partial charge in [-0.25, -0.2) is 4.31 Å². The molecule has 0 saturated heterocycles. The minimum Gasteiger partial charge on any atom is -0.496 e. The molecule has 1 aliphatic rings. The summed E-state index contributed by atoms with van der Waals surface area (Å²) < 4.78 is 43.3. The van der Waals surface area contributed by atoms with Crippen molar-refractivity contribution < 1.29 is 22.7 Å². The summed E-state index contributed by atoms with van der Waals surface area (Å²) >= 11 is 1.18. The van der Waals surface area contributed by atoms with E-state index in [-0.39, 0.29) is 5.75 Å². The van der Waals surface area contributed by atoms with Crippen LogP contribution >= 0.6 is 11.9 Å². The molecule has 1 aliphatic heterocycles. The van der Waals surface area contributed by atoms with Crippen LogP contribution in [-0.2, 0) is 13.1 Å². The topological polar surface area (TPSA) is 29.5 Å². The lowest BCUT2D eigenvalue weighted by Crippen LogP contribution is -2.12. The zero-order valence-electron chi connectivity index (χ0n) is 10.9. The first-order valence-corrected chi connectivity index (χ1v) is 6.97. The molecule has 3 nitrogen and oxygen atoms in total. The number of benzene rings is 1. The van der Waals surface area contributed by atoms with Gasteiger partial charge in [0.05, 0.1) is 19.1 Å². The Hall–Kier alpha value is -1.21. The maximum Gasteiger partial charge on any atom is 0.389 e. The lowest BCUT2D eigenvalue weighted by Gasteiger charge is -2.14. The standard InChI is InChI=1S/C13H14F3NO2S/c1-19-12-5-10-7-17(20-3-2-13(14,15)16)6-9(10)4-11(12)8-18/h4-5,8H,2-3,6-7H2,1H3. The van der Waals surface area contributed by atoms with Crippen molar-refractivity contribution >= 4 is 18.2 Å². The van der Waals surface area contributed by atoms with Gasteiger partial charge < -0.3 is 4.74 Å². The number of aldehydes is 1. The van der Waals surface area contributed by atoms with Crippen LogP contribution < -0.4 is 4.74 Å². The van der Waals surface area contributed by atoms with Crippen LogP contribution in [0.1, 0.15) is 27.9 Å². The first-order chi connectivity index (χ1) is 9.43. The van der Waals surface area contributed by atoms with E-state index in [4.69, 9.17) is 4.74 Å². The molecule has 0 amide bonds. The molecule has 0 atom stereocenters. The Labute approximate surface area is 119 Å². The molecule has 0 radical (unpaired) electrons. The fraction of sp³-hybridized carbons (Fsp3) is 0.462. The zero-order chi connectivity index (χ0) is 14.8. The van der Waals surface area contributed by atoms with Gasteiger partial charge in [0.2, 0.25) is 0 Å². The number of fused-ring (bicyclic) bond motifs is 1. The molecule has 20 heavy (non-hydrogen) atoms. The average molecular weight is 305 g/mol. The monoisotopic (exact) mass is 305 g/mol. The van der Waals surface area contributed by atoms with Crippen LogP contribution in [0.15, 0.2) is 12.1 Å². The second-order valence-corrected chi connectivity index (χ2v) is 5.66. The third-order valence-electron chi connectivity index (χ3n) is 3.03. The maximum absolute atomic E-state index is 12.1. The number of methoxy groups -OCH3 is 1. The van der Waals surface area contributed by atoms with Gasteiger partial charge in [-0.2, -0.15) is 13.2 Å². The number of halogens is 3. The van der Waals surface area contributed by atoms with Crippen molar-refractivity contribution in [2.75, 3.05) is 12.9 Å². The third kappa shape index (κ3) is 3.67. The summed E-state index contributed by atoms with van der Waals surface area (Å²) in [5.74, 6) is 0.510. The van der Waals surface area contributed by atoms with E-state index < -0.39 is 12.6 Å². The molecule has 0 fully saturated rings. The molecule has 1 heterocycles. The van der Waals surface area contributed by atoms with Crippen molar-refractivity contribution in [2.45, 2.75) is 25.7 Å². The lowest BCUT2D eigenvalue weighted by molar-refractivity contribution is -0.129. The normalized spacial score (nSPS) is 15.2. The molecule has 0 N–H and O–H groups in total. The van der Waals surface area contributed by atoms with E-state index in [0.29, 0.717) is 24.4 Å². The van der Waals surface area contributed by atoms with E-state index in [2.05, 4.69) is 0 Å². The minimum atomic E-state index is -4.12. The molecule has 0 saturated carbocycles. The van der Waals surface area contributed by atoms with Crippen molar-refractivity contribution in [2.24, 2.45) is 0 Å². The van der Waals surface area contributed by atoms with Gasteiger partial charge in [-0.1, -0.05) is 11.9 Å². The quantitative estimate of drug-likeness (QED) is 0.616. The fourth-order valence-electron chi connectivity index (χ4n) is 2.07. The molecule has 0 aromatic heterocycles. The Kier molecular flexibility index (Phi) is 4.59. The first-order valence-electron chi connectivity index (χ1n) is 6.02. The van der Waals surface area contributed by atoms with E-state index in [0.717, 1.165) is 17.4 Å². The Morgan fingerprint density at radius 2 is 2.00 bits per heavy atom. The Morgan fingerprint density at radius 1 is 1.35 bits per heavy atom. The molecule has 0 spiro atoms. The molecular weight excluding hydrogens is 291 g/mol. The van der Waals surface area contributed by atoms with Crippen molar-refractivity contribution in [1.29, 1.82) is 0 Å². The number of rotatable bonds is 5. The SMILES string of the molecule is COc1cc2c(cc1C=O)CN(SCCC(F)(F)F)C2. The van der Waals surface area contributed by atoms with Crippen LogP contribution in [0.5, 0.6) is 5.75 Å². The van der Waals surface area contributed by atoms with E-state index >= 15 is 0 Å². The van der Waals surface area contributed by atoms with Gasteiger partial charge in [-0.05, 0) is 23.3 Å². The highest BCUT2D eigenvalue weighted by molar-refractivity contribution is 7.96. The summed E-state index contributed by atoms with van der Waals surface area (Å²) in [6, 6.07) is 3.52. The summed E-state index contributed by atoms with van der Waals surface area (Å²) in [7, 11) is 1.49. The Bertz CT molecular complexity index is 505. The first kappa shape index (κ1) is 15.2. The second kappa shape index (κ2) is 6.05. The van der Waals surface area contributed by atoms with Crippen molar-refractivity contribution in [3.63, 3.8) is 0 Å². The van der Waals surface area contributed by atoms with E-state index in [1.54, 1.807) is 12.1 Å². The number of hydrogen-bond donors (Lipinski definition) is 0. The maximum atomic E-state index is 12.1. The summed E-state index contributed by atoms with van der Waals surface area (Å²) in [6.07, 6.45) is -4.19. The van der Waals surface area contributed by atoms with Gasteiger partial charge in [0.25, 0.3) is 0 Å². The van der Waals surface area contributed by atoms with Gasteiger partial charge in [-0.15, -0.1) is 0 Å². The van der Waals surface area contributed by atoms with Crippen molar-refractivity contribution in [1.82, 2.24) is 4.31 Å². The van der Waals surface area contributed by atoms with Crippen LogP contribution in [0.3, 0.4) is 0 Å². The molecule has 2 rings (SSSR count). The van der Waals surface area contributed by atoms with Gasteiger partial charge >= 0.3 is 6.18 Å². The highest BCUT2D eigenvalue weighted by atomic mass is 32.2. The molecule has 7 heteroatoms. The average Bonchev–Trinajstić information content (AvgIpc) is 2.76. The van der Waals surface area contributed by atoms with Crippen LogP contribution in [0.2, 0.25) is 0 Å². The Balaban J connectivity index is 1.99. The number of hydrogen-bond acceptors (Lipinski definition) is 4. The summed E-state index contributed by atoms with van der Waals surface area (Å²) in [5, 5.41) is 0. The Morgan fingerprint density at radius 3 is 2.55 bits per heavy atom. The highest BCUT2D eigenvalue weighted by Crippen LogP contribution is 2.34. The van der Waals surface area contributed by atoms with Gasteiger partial charge in [0, 0.05) is 18.8 Å². The third-order valence-corrected chi connectivity index (χ3v) is 4.04. The van der Waals surface area contributed by atoms with Crippen LogP contribution in [-0.4, -0.2) is 29.6 Å². The minimum absolute atomic E-state index is 0.00909. The number of carbonyl (C=O) groups is 1. The van der Waals surface area contributed by atoms with Gasteiger partial charge in [-0.3, -0.25) is 4.79 Å². The van der Waals surface area contributed by atoms with E-state index in [1.165, 1.54) is 19.1 Å². The second-order valence-electron chi connectivity index (χ2n) is 4.48. The highest BCUT2D eigenvalue weighted by Gasteiger charge is 2.28. The molecule has 110 valence electrons. The summed E-state index contributed by atoms with van der Waals surface area (Å²) in [4.78, 5) is 10.9. The number of ether oxygens (including phenoxy) is 1. The predicted molar refractivity (Wildman–Crippen MR) is 70.8 cm³/mol. The molecule has 0 bridgehead atoms. The zero-order valence-corrected chi connectivity index (χ0v) is 11.7. The van der Waals surface area contributed by atoms with Gasteiger partial charge in [0.1, 0.15) is 5.75 Å². The van der Waals surface area contributed by atoms with Crippen LogP contribution in [0, 0.1) is 0 Å². The summed E-state index contributed by atoms with van der Waals surface area (Å²) in [5.41, 5.74) is 2.42. The van der Waals surface area contributed by atoms with Crippen molar-refractivity contribution in [3.8, 4) is 5.75 Å². The lowest BCUT2D eigenvalue weighted by atomic mass is 10.1. The molecule has 1 aromatic carbocycles. The smallest absolute Gasteiger partial charge is 0.389 e. The van der Waals surface area contributed by atoms with Crippen molar-refractivity contribution in [3.05, 3.63) is 28.8 Å². The fourth-order valence-corrected chi connectivity index (χ4v) is 3.11. The number of nitrogens with zero attached hydrogens (tertiary/aromatic N) is 1. The molecule has 0 unspecified atom stereocenters. The van der Waals surface area contributed by atoms with E-state index in [1.807, 2.05) is 4.31 Å². The molecular formula is C13H14F3NO2S. The number of carbonyl (C=O) groups excluding carboxylic acids is 1. The number of alkyl halides is 3. The van der Waals surface area contributed by atoms with E-state index in [9.17, 15) is 18.0 Å².